The lowest BCUT2D eigenvalue weighted by Gasteiger charge is -2.26. The van der Waals surface area contributed by atoms with Crippen molar-refractivity contribution in [2.45, 2.75) is 0 Å². The van der Waals surface area contributed by atoms with Crippen molar-refractivity contribution in [3.63, 3.8) is 0 Å². The molecule has 1 aliphatic heterocycles. The third kappa shape index (κ3) is 2.19. The van der Waals surface area contributed by atoms with Crippen molar-refractivity contribution in [1.29, 1.82) is 0 Å². The van der Waals surface area contributed by atoms with Crippen molar-refractivity contribution in [3.8, 4) is 0 Å². The first-order valence-electron chi connectivity index (χ1n) is 4.98. The minimum absolute atomic E-state index is 0.101. The van der Waals surface area contributed by atoms with Gasteiger partial charge in [-0.05, 0) is 0 Å². The second-order valence-corrected chi connectivity index (χ2v) is 3.76. The SMILES string of the molecule is O=C(NCC1CNC1)c1cc([N+](=O)[O-])c[nH]1. The number of aromatic nitrogens is 1. The molecule has 0 radical (unpaired) electrons. The van der Waals surface area contributed by atoms with Crippen LogP contribution in [0.15, 0.2) is 12.3 Å². The summed E-state index contributed by atoms with van der Waals surface area (Å²) in [6.45, 7) is 2.41. The van der Waals surface area contributed by atoms with E-state index in [2.05, 4.69) is 15.6 Å². The minimum atomic E-state index is -0.539. The average Bonchev–Trinajstić information content (AvgIpc) is 2.63. The molecule has 86 valence electrons. The molecule has 0 aromatic carbocycles. The maximum atomic E-state index is 11.5. The summed E-state index contributed by atoms with van der Waals surface area (Å²) in [5.41, 5.74) is 0.120. The molecule has 2 rings (SSSR count). The van der Waals surface area contributed by atoms with E-state index in [1.165, 1.54) is 12.3 Å². The molecule has 7 nitrogen and oxygen atoms in total. The molecule has 1 saturated heterocycles. The molecular weight excluding hydrogens is 212 g/mol. The predicted molar refractivity (Wildman–Crippen MR) is 56.1 cm³/mol. The molecule has 1 aromatic rings. The summed E-state index contributed by atoms with van der Waals surface area (Å²) in [4.78, 5) is 24.0. The number of hydrogen-bond acceptors (Lipinski definition) is 4. The highest BCUT2D eigenvalue weighted by Crippen LogP contribution is 2.12. The molecule has 0 aliphatic carbocycles. The molecule has 16 heavy (non-hydrogen) atoms. The number of nitrogens with zero attached hydrogens (tertiary/aromatic N) is 1. The largest absolute Gasteiger partial charge is 0.351 e. The zero-order valence-corrected chi connectivity index (χ0v) is 8.53. The number of aromatic amines is 1. The number of H-pyrrole nitrogens is 1. The van der Waals surface area contributed by atoms with Crippen LogP contribution < -0.4 is 10.6 Å². The van der Waals surface area contributed by atoms with Crippen LogP contribution in [0.3, 0.4) is 0 Å². The summed E-state index contributed by atoms with van der Waals surface area (Å²) in [7, 11) is 0. The topological polar surface area (TPSA) is 100 Å². The molecule has 1 fully saturated rings. The molecule has 0 unspecified atom stereocenters. The van der Waals surface area contributed by atoms with Gasteiger partial charge in [-0.2, -0.15) is 0 Å². The van der Waals surface area contributed by atoms with Crippen LogP contribution in [-0.2, 0) is 0 Å². The van der Waals surface area contributed by atoms with Crippen LogP contribution in [0.2, 0.25) is 0 Å². The first kappa shape index (κ1) is 10.6. The average molecular weight is 224 g/mol. The van der Waals surface area contributed by atoms with E-state index >= 15 is 0 Å². The van der Waals surface area contributed by atoms with Gasteiger partial charge < -0.3 is 15.6 Å². The lowest BCUT2D eigenvalue weighted by molar-refractivity contribution is -0.384. The fourth-order valence-corrected chi connectivity index (χ4v) is 1.44. The van der Waals surface area contributed by atoms with Gasteiger partial charge in [0.25, 0.3) is 11.6 Å². The Kier molecular flexibility index (Phi) is 2.86. The van der Waals surface area contributed by atoms with Crippen LogP contribution in [0.5, 0.6) is 0 Å². The monoisotopic (exact) mass is 224 g/mol. The Hall–Kier alpha value is -1.89. The van der Waals surface area contributed by atoms with Gasteiger partial charge >= 0.3 is 0 Å². The van der Waals surface area contributed by atoms with Gasteiger partial charge in [-0.1, -0.05) is 0 Å². The lowest BCUT2D eigenvalue weighted by Crippen LogP contribution is -2.48. The summed E-state index contributed by atoms with van der Waals surface area (Å²) < 4.78 is 0. The van der Waals surface area contributed by atoms with Gasteiger partial charge in [-0.25, -0.2) is 0 Å². The number of rotatable bonds is 4. The highest BCUT2D eigenvalue weighted by Gasteiger charge is 2.19. The summed E-state index contributed by atoms with van der Waals surface area (Å²) in [6.07, 6.45) is 1.21. The summed E-state index contributed by atoms with van der Waals surface area (Å²) in [5, 5.41) is 16.2. The normalized spacial score (nSPS) is 15.5. The molecule has 3 N–H and O–H groups in total. The Balaban J connectivity index is 1.89. The van der Waals surface area contributed by atoms with Crippen molar-refractivity contribution in [2.75, 3.05) is 19.6 Å². The van der Waals surface area contributed by atoms with Gasteiger partial charge in [0.15, 0.2) is 0 Å². The molecule has 7 heteroatoms. The van der Waals surface area contributed by atoms with Crippen molar-refractivity contribution in [2.24, 2.45) is 5.92 Å². The summed E-state index contributed by atoms with van der Waals surface area (Å²) in [5.74, 6) is 0.161. The fraction of sp³-hybridized carbons (Fsp3) is 0.444. The molecular formula is C9H12N4O3. The first-order chi connectivity index (χ1) is 7.66. The third-order valence-corrected chi connectivity index (χ3v) is 2.54. The van der Waals surface area contributed by atoms with Gasteiger partial charge in [0.2, 0.25) is 0 Å². The zero-order valence-electron chi connectivity index (χ0n) is 8.53. The minimum Gasteiger partial charge on any atom is -0.351 e. The van der Waals surface area contributed by atoms with Crippen LogP contribution in [0.4, 0.5) is 5.69 Å². The second-order valence-electron chi connectivity index (χ2n) is 3.76. The smallest absolute Gasteiger partial charge is 0.287 e. The van der Waals surface area contributed by atoms with E-state index in [1.54, 1.807) is 0 Å². The molecule has 1 amide bonds. The summed E-state index contributed by atoms with van der Waals surface area (Å²) in [6, 6.07) is 1.23. The van der Waals surface area contributed by atoms with Gasteiger partial charge in [0.05, 0.1) is 11.1 Å². The second kappa shape index (κ2) is 4.31. The van der Waals surface area contributed by atoms with Crippen LogP contribution in [0.25, 0.3) is 0 Å². The van der Waals surface area contributed by atoms with Crippen molar-refractivity contribution >= 4 is 11.6 Å². The Labute approximate surface area is 91.4 Å². The molecule has 0 saturated carbocycles. The van der Waals surface area contributed by atoms with E-state index in [9.17, 15) is 14.9 Å². The number of nitro groups is 1. The fourth-order valence-electron chi connectivity index (χ4n) is 1.44. The van der Waals surface area contributed by atoms with Gasteiger partial charge in [-0.15, -0.1) is 0 Å². The van der Waals surface area contributed by atoms with E-state index in [4.69, 9.17) is 0 Å². The molecule has 0 spiro atoms. The third-order valence-electron chi connectivity index (χ3n) is 2.54. The maximum Gasteiger partial charge on any atom is 0.287 e. The number of carbonyl (C=O) groups excluding carboxylic acids is 1. The van der Waals surface area contributed by atoms with Gasteiger partial charge in [-0.3, -0.25) is 14.9 Å². The van der Waals surface area contributed by atoms with Crippen molar-refractivity contribution in [1.82, 2.24) is 15.6 Å². The van der Waals surface area contributed by atoms with E-state index in [0.717, 1.165) is 13.1 Å². The highest BCUT2D eigenvalue weighted by molar-refractivity contribution is 5.93. The molecule has 1 aromatic heterocycles. The van der Waals surface area contributed by atoms with E-state index in [0.29, 0.717) is 12.5 Å². The molecule has 1 aliphatic rings. The van der Waals surface area contributed by atoms with Crippen LogP contribution in [-0.4, -0.2) is 35.4 Å². The number of amides is 1. The maximum absolute atomic E-state index is 11.5. The summed E-state index contributed by atoms with van der Waals surface area (Å²) >= 11 is 0. The van der Waals surface area contributed by atoms with E-state index < -0.39 is 4.92 Å². The quantitative estimate of drug-likeness (QED) is 0.490. The highest BCUT2D eigenvalue weighted by atomic mass is 16.6. The van der Waals surface area contributed by atoms with E-state index in [-0.39, 0.29) is 17.3 Å². The van der Waals surface area contributed by atoms with Crippen LogP contribution in [0.1, 0.15) is 10.5 Å². The number of carbonyl (C=O) groups is 1. The lowest BCUT2D eigenvalue weighted by atomic mass is 10.0. The molecule has 2 heterocycles. The molecule has 0 atom stereocenters. The zero-order chi connectivity index (χ0) is 11.5. The van der Waals surface area contributed by atoms with Crippen molar-refractivity contribution in [3.05, 3.63) is 28.1 Å². The Morgan fingerprint density at radius 2 is 2.38 bits per heavy atom. The standard InChI is InChI=1S/C9H12N4O3/c14-9(12-4-6-2-10-3-6)8-1-7(5-11-8)13(15)16/h1,5-6,10-11H,2-4H2,(H,12,14). The van der Waals surface area contributed by atoms with E-state index in [1.807, 2.05) is 0 Å². The van der Waals surface area contributed by atoms with Gasteiger partial charge in [0.1, 0.15) is 5.69 Å². The van der Waals surface area contributed by atoms with Crippen molar-refractivity contribution < 1.29 is 9.72 Å². The first-order valence-corrected chi connectivity index (χ1v) is 4.98. The predicted octanol–water partition coefficient (Wildman–Crippen LogP) is -0.128. The molecule has 0 bridgehead atoms. The van der Waals surface area contributed by atoms with Crippen LogP contribution >= 0.6 is 0 Å². The Bertz CT molecular complexity index is 411. The van der Waals surface area contributed by atoms with Gasteiger partial charge in [0, 0.05) is 31.6 Å². The number of hydrogen-bond donors (Lipinski definition) is 3. The Morgan fingerprint density at radius 3 is 2.88 bits per heavy atom. The van der Waals surface area contributed by atoms with Crippen LogP contribution in [0, 0.1) is 16.0 Å². The number of nitrogens with one attached hydrogen (secondary N) is 3. The Morgan fingerprint density at radius 1 is 1.62 bits per heavy atom.